The number of aliphatic hydroxyl groups excluding tert-OH is 3. The van der Waals surface area contributed by atoms with Crippen LogP contribution in [-0.4, -0.2) is 59.6 Å². The molecule has 3 N–H and O–H groups in total. The molecule has 0 aromatic carbocycles. The molecule has 0 aromatic heterocycles. The van der Waals surface area contributed by atoms with Gasteiger partial charge in [0.25, 0.3) is 0 Å². The maximum atomic E-state index is 9.96. The number of allylic oxidation sites excluding steroid dienone is 2. The van der Waals surface area contributed by atoms with Crippen molar-refractivity contribution in [3.05, 3.63) is 12.2 Å². The lowest BCUT2D eigenvalue weighted by Gasteiger charge is -2.20. The number of unbranched alkanes of at least 4 members (excludes halogenated alkanes) is 14. The first kappa shape index (κ1) is 28.6. The second kappa shape index (κ2) is 20.2. The van der Waals surface area contributed by atoms with Gasteiger partial charge in [-0.1, -0.05) is 89.7 Å². The highest BCUT2D eigenvalue weighted by Gasteiger charge is 2.39. The minimum absolute atomic E-state index is 0.0692. The SMILES string of the molecule is CCCCC/C=C/CCCCCCCCCCCCCOC[C@H](O)[C@@H]1OC[C@@H](O)[C@@H]1O. The molecule has 0 aliphatic carbocycles. The fourth-order valence-electron chi connectivity index (χ4n) is 4.07. The molecule has 184 valence electrons. The van der Waals surface area contributed by atoms with E-state index in [1.54, 1.807) is 0 Å². The van der Waals surface area contributed by atoms with Crippen LogP contribution in [0, 0.1) is 0 Å². The summed E-state index contributed by atoms with van der Waals surface area (Å²) in [6.07, 6.45) is 22.0. The van der Waals surface area contributed by atoms with E-state index >= 15 is 0 Å². The van der Waals surface area contributed by atoms with Gasteiger partial charge in [0.05, 0.1) is 13.2 Å². The molecule has 5 nitrogen and oxygen atoms in total. The van der Waals surface area contributed by atoms with Crippen molar-refractivity contribution in [1.82, 2.24) is 0 Å². The van der Waals surface area contributed by atoms with Gasteiger partial charge in [0.1, 0.15) is 24.4 Å². The average Bonchev–Trinajstić information content (AvgIpc) is 3.10. The minimum atomic E-state index is -1.03. The maximum Gasteiger partial charge on any atom is 0.114 e. The van der Waals surface area contributed by atoms with Crippen molar-refractivity contribution in [2.24, 2.45) is 0 Å². The third-order valence-electron chi connectivity index (χ3n) is 6.16. The Bertz CT molecular complexity index is 415. The van der Waals surface area contributed by atoms with Crippen LogP contribution in [0.5, 0.6) is 0 Å². The van der Waals surface area contributed by atoms with Crippen molar-refractivity contribution in [3.8, 4) is 0 Å². The second-order valence-electron chi connectivity index (χ2n) is 9.14. The lowest BCUT2D eigenvalue weighted by molar-refractivity contribution is -0.0813. The van der Waals surface area contributed by atoms with Crippen LogP contribution in [0.2, 0.25) is 0 Å². The van der Waals surface area contributed by atoms with Crippen molar-refractivity contribution in [2.75, 3.05) is 19.8 Å². The summed E-state index contributed by atoms with van der Waals surface area (Å²) in [6, 6.07) is 0. The van der Waals surface area contributed by atoms with E-state index in [4.69, 9.17) is 9.47 Å². The molecule has 1 heterocycles. The molecule has 4 atom stereocenters. The highest BCUT2D eigenvalue weighted by Crippen LogP contribution is 2.18. The Labute approximate surface area is 191 Å². The molecule has 0 bridgehead atoms. The van der Waals surface area contributed by atoms with Crippen LogP contribution < -0.4 is 0 Å². The molecule has 31 heavy (non-hydrogen) atoms. The van der Waals surface area contributed by atoms with E-state index in [-0.39, 0.29) is 13.2 Å². The summed E-state index contributed by atoms with van der Waals surface area (Å²) in [6.45, 7) is 3.09. The molecule has 1 saturated heterocycles. The molecule has 0 spiro atoms. The van der Waals surface area contributed by atoms with E-state index < -0.39 is 24.4 Å². The molecule has 1 aliphatic heterocycles. The Balaban J connectivity index is 1.74. The van der Waals surface area contributed by atoms with Gasteiger partial charge in [-0.25, -0.2) is 0 Å². The van der Waals surface area contributed by atoms with Crippen molar-refractivity contribution in [1.29, 1.82) is 0 Å². The van der Waals surface area contributed by atoms with Gasteiger partial charge in [-0.15, -0.1) is 0 Å². The fraction of sp³-hybridized carbons (Fsp3) is 0.923. The number of hydrogen-bond donors (Lipinski definition) is 3. The van der Waals surface area contributed by atoms with Gasteiger partial charge >= 0.3 is 0 Å². The number of aliphatic hydroxyl groups is 3. The third-order valence-corrected chi connectivity index (χ3v) is 6.16. The van der Waals surface area contributed by atoms with Gasteiger partial charge in [-0.3, -0.25) is 0 Å². The largest absolute Gasteiger partial charge is 0.388 e. The maximum absolute atomic E-state index is 9.96. The number of hydrogen-bond acceptors (Lipinski definition) is 5. The zero-order valence-corrected chi connectivity index (χ0v) is 20.1. The second-order valence-corrected chi connectivity index (χ2v) is 9.14. The first-order valence-corrected chi connectivity index (χ1v) is 13.0. The summed E-state index contributed by atoms with van der Waals surface area (Å²) in [7, 11) is 0. The van der Waals surface area contributed by atoms with Gasteiger partial charge < -0.3 is 24.8 Å². The van der Waals surface area contributed by atoms with Gasteiger partial charge in [0.15, 0.2) is 0 Å². The Kier molecular flexibility index (Phi) is 18.6. The van der Waals surface area contributed by atoms with Crippen molar-refractivity contribution in [3.63, 3.8) is 0 Å². The Morgan fingerprint density at radius 2 is 1.32 bits per heavy atom. The van der Waals surface area contributed by atoms with Crippen LogP contribution in [0.15, 0.2) is 12.2 Å². The van der Waals surface area contributed by atoms with E-state index in [1.807, 2.05) is 0 Å². The normalized spacial score (nSPS) is 22.5. The molecule has 1 aliphatic rings. The summed E-state index contributed by atoms with van der Waals surface area (Å²) in [4.78, 5) is 0. The smallest absolute Gasteiger partial charge is 0.114 e. The van der Waals surface area contributed by atoms with Crippen molar-refractivity contribution >= 4 is 0 Å². The van der Waals surface area contributed by atoms with Crippen molar-refractivity contribution < 1.29 is 24.8 Å². The molecular weight excluding hydrogens is 392 g/mol. The van der Waals surface area contributed by atoms with E-state index in [9.17, 15) is 15.3 Å². The predicted octanol–water partition coefficient (Wildman–Crippen LogP) is 5.30. The molecule has 5 heteroatoms. The standard InChI is InChI=1S/C26H50O5/c1-2-3-4-5-6-7-8-9-10-11-12-13-14-15-16-17-18-19-20-30-21-24(28)26-25(29)23(27)22-31-26/h6-7,23-29H,2-5,8-22H2,1H3/b7-6+/t23-,24+,25+,26+/m1/s1. The topological polar surface area (TPSA) is 79.2 Å². The molecular formula is C26H50O5. The third kappa shape index (κ3) is 15.1. The molecule has 0 saturated carbocycles. The lowest BCUT2D eigenvalue weighted by Crippen LogP contribution is -2.40. The summed E-state index contributed by atoms with van der Waals surface area (Å²) in [5.41, 5.74) is 0. The summed E-state index contributed by atoms with van der Waals surface area (Å²) >= 11 is 0. The first-order chi connectivity index (χ1) is 15.2. The van der Waals surface area contributed by atoms with E-state index in [0.717, 1.165) is 12.8 Å². The average molecular weight is 443 g/mol. The Morgan fingerprint density at radius 3 is 1.84 bits per heavy atom. The number of rotatable bonds is 21. The lowest BCUT2D eigenvalue weighted by atomic mass is 10.0. The van der Waals surface area contributed by atoms with Crippen LogP contribution in [0.1, 0.15) is 110 Å². The van der Waals surface area contributed by atoms with Crippen LogP contribution in [-0.2, 0) is 9.47 Å². The Morgan fingerprint density at radius 1 is 0.806 bits per heavy atom. The van der Waals surface area contributed by atoms with Gasteiger partial charge in [0, 0.05) is 6.61 Å². The first-order valence-electron chi connectivity index (χ1n) is 13.0. The minimum Gasteiger partial charge on any atom is -0.388 e. The summed E-state index contributed by atoms with van der Waals surface area (Å²) in [5, 5.41) is 29.1. The Hall–Kier alpha value is -0.460. The van der Waals surface area contributed by atoms with Crippen LogP contribution in [0.25, 0.3) is 0 Å². The zero-order chi connectivity index (χ0) is 22.6. The van der Waals surface area contributed by atoms with Gasteiger partial charge in [0.2, 0.25) is 0 Å². The highest BCUT2D eigenvalue weighted by molar-refractivity contribution is 4.87. The van der Waals surface area contributed by atoms with Crippen LogP contribution >= 0.6 is 0 Å². The zero-order valence-electron chi connectivity index (χ0n) is 20.1. The monoisotopic (exact) mass is 442 g/mol. The number of ether oxygens (including phenoxy) is 2. The van der Waals surface area contributed by atoms with E-state index in [1.165, 1.54) is 89.9 Å². The molecule has 0 unspecified atom stereocenters. The summed E-state index contributed by atoms with van der Waals surface area (Å²) in [5.74, 6) is 0. The molecule has 1 rings (SSSR count). The summed E-state index contributed by atoms with van der Waals surface area (Å²) < 4.78 is 10.7. The van der Waals surface area contributed by atoms with E-state index in [2.05, 4.69) is 19.1 Å². The highest BCUT2D eigenvalue weighted by atomic mass is 16.5. The van der Waals surface area contributed by atoms with Crippen LogP contribution in [0.4, 0.5) is 0 Å². The fourth-order valence-corrected chi connectivity index (χ4v) is 4.07. The van der Waals surface area contributed by atoms with Crippen LogP contribution in [0.3, 0.4) is 0 Å². The molecule has 1 fully saturated rings. The van der Waals surface area contributed by atoms with Gasteiger partial charge in [-0.2, -0.15) is 0 Å². The molecule has 0 amide bonds. The van der Waals surface area contributed by atoms with Gasteiger partial charge in [-0.05, 0) is 32.1 Å². The van der Waals surface area contributed by atoms with Crippen molar-refractivity contribution in [2.45, 2.75) is 134 Å². The predicted molar refractivity (Wildman–Crippen MR) is 127 cm³/mol. The molecule has 0 aromatic rings. The quantitative estimate of drug-likeness (QED) is 0.166. The molecule has 0 radical (unpaired) electrons. The van der Waals surface area contributed by atoms with E-state index in [0.29, 0.717) is 6.61 Å².